The van der Waals surface area contributed by atoms with Gasteiger partial charge in [-0.2, -0.15) is 0 Å². The smallest absolute Gasteiger partial charge is 0.225 e. The number of anilines is 1. The summed E-state index contributed by atoms with van der Waals surface area (Å²) in [4.78, 5) is 12.3. The molecule has 2 aromatic carbocycles. The summed E-state index contributed by atoms with van der Waals surface area (Å²) in [5.41, 5.74) is 3.30. The predicted octanol–water partition coefficient (Wildman–Crippen LogP) is 4.66. The van der Waals surface area contributed by atoms with Gasteiger partial charge in [-0.25, -0.2) is 0 Å². The number of para-hydroxylation sites is 1. The highest BCUT2D eigenvalue weighted by Gasteiger charge is 2.18. The van der Waals surface area contributed by atoms with Crippen molar-refractivity contribution < 1.29 is 4.79 Å². The van der Waals surface area contributed by atoms with Gasteiger partial charge in [0.2, 0.25) is 5.91 Å². The van der Waals surface area contributed by atoms with E-state index in [0.717, 1.165) is 11.3 Å². The Morgan fingerprint density at radius 1 is 1.00 bits per heavy atom. The second-order valence-corrected chi connectivity index (χ2v) is 7.18. The van der Waals surface area contributed by atoms with Crippen LogP contribution in [0.4, 0.5) is 5.69 Å². The van der Waals surface area contributed by atoms with Gasteiger partial charge in [-0.1, -0.05) is 69.3 Å². The largest absolute Gasteiger partial charge is 0.326 e. The van der Waals surface area contributed by atoms with Gasteiger partial charge < -0.3 is 10.6 Å². The highest BCUT2D eigenvalue weighted by atomic mass is 16.1. The van der Waals surface area contributed by atoms with E-state index in [9.17, 15) is 4.79 Å². The van der Waals surface area contributed by atoms with Gasteiger partial charge >= 0.3 is 0 Å². The van der Waals surface area contributed by atoms with Crippen molar-refractivity contribution in [3.8, 4) is 0 Å². The Bertz CT molecular complexity index is 659. The van der Waals surface area contributed by atoms with Gasteiger partial charge in [0.05, 0.1) is 0 Å². The van der Waals surface area contributed by atoms with Crippen molar-refractivity contribution >= 4 is 11.6 Å². The van der Waals surface area contributed by atoms with Crippen molar-refractivity contribution in [3.05, 3.63) is 65.7 Å². The summed E-state index contributed by atoms with van der Waals surface area (Å²) in [6.45, 7) is 9.23. The summed E-state index contributed by atoms with van der Waals surface area (Å²) in [5, 5.41) is 6.45. The van der Waals surface area contributed by atoms with Gasteiger partial charge in [0.15, 0.2) is 0 Å². The van der Waals surface area contributed by atoms with Crippen molar-refractivity contribution in [3.63, 3.8) is 0 Å². The molecule has 2 rings (SSSR count). The maximum atomic E-state index is 12.3. The highest BCUT2D eigenvalue weighted by molar-refractivity contribution is 5.91. The second kappa shape index (κ2) is 8.11. The molecule has 0 bridgehead atoms. The van der Waals surface area contributed by atoms with Gasteiger partial charge in [0, 0.05) is 24.7 Å². The third-order valence-electron chi connectivity index (χ3n) is 4.11. The zero-order valence-corrected chi connectivity index (χ0v) is 15.1. The van der Waals surface area contributed by atoms with E-state index >= 15 is 0 Å². The Labute approximate surface area is 145 Å². The molecule has 0 saturated heterocycles. The van der Waals surface area contributed by atoms with Crippen molar-refractivity contribution in [2.75, 3.05) is 11.9 Å². The molecule has 0 aliphatic rings. The maximum absolute atomic E-state index is 12.3. The average Bonchev–Trinajstić information content (AvgIpc) is 2.55. The normalized spacial score (nSPS) is 12.7. The Balaban J connectivity index is 1.86. The molecule has 2 N–H and O–H groups in total. The van der Waals surface area contributed by atoms with Crippen LogP contribution in [0.5, 0.6) is 0 Å². The molecule has 1 atom stereocenters. The van der Waals surface area contributed by atoms with E-state index in [4.69, 9.17) is 0 Å². The first-order valence-corrected chi connectivity index (χ1v) is 8.55. The van der Waals surface area contributed by atoms with E-state index in [1.165, 1.54) is 5.56 Å². The van der Waals surface area contributed by atoms with Crippen molar-refractivity contribution in [2.45, 2.75) is 45.6 Å². The predicted molar refractivity (Wildman–Crippen MR) is 101 cm³/mol. The number of rotatable bonds is 6. The number of hydrogen-bond donors (Lipinski definition) is 2. The molecule has 0 aliphatic carbocycles. The lowest BCUT2D eigenvalue weighted by Crippen LogP contribution is -2.25. The Morgan fingerprint density at radius 2 is 1.62 bits per heavy atom. The summed E-state index contributed by atoms with van der Waals surface area (Å²) in [6.07, 6.45) is 0.454. The molecular formula is C21H28N2O. The first kappa shape index (κ1) is 18.2. The van der Waals surface area contributed by atoms with Crippen molar-refractivity contribution in [1.29, 1.82) is 0 Å². The number of carbonyl (C=O) groups excluding carboxylic acids is 1. The number of amides is 1. The molecule has 128 valence electrons. The van der Waals surface area contributed by atoms with Crippen LogP contribution >= 0.6 is 0 Å². The first-order chi connectivity index (χ1) is 11.4. The Hall–Kier alpha value is -2.13. The summed E-state index contributed by atoms with van der Waals surface area (Å²) in [5.74, 6) is 0.0412. The zero-order chi connectivity index (χ0) is 17.6. The molecule has 0 aliphatic heterocycles. The molecule has 3 nitrogen and oxygen atoms in total. The lowest BCUT2D eigenvalue weighted by atomic mass is 9.86. The van der Waals surface area contributed by atoms with Crippen LogP contribution in [0.3, 0.4) is 0 Å². The fourth-order valence-corrected chi connectivity index (χ4v) is 2.72. The highest BCUT2D eigenvalue weighted by Crippen LogP contribution is 2.29. The van der Waals surface area contributed by atoms with Gasteiger partial charge in [-0.3, -0.25) is 4.79 Å². The fraction of sp³-hybridized carbons (Fsp3) is 0.381. The minimum atomic E-state index is 0.00392. The number of benzene rings is 2. The molecule has 0 spiro atoms. The van der Waals surface area contributed by atoms with Crippen LogP contribution in [0.1, 0.15) is 51.3 Å². The topological polar surface area (TPSA) is 41.1 Å². The molecular weight excluding hydrogens is 296 g/mol. The molecule has 3 heteroatoms. The van der Waals surface area contributed by atoms with E-state index in [1.54, 1.807) is 0 Å². The number of carbonyl (C=O) groups is 1. The summed E-state index contributed by atoms with van der Waals surface area (Å²) in [6, 6.07) is 18.5. The van der Waals surface area contributed by atoms with Crippen LogP contribution in [0.15, 0.2) is 54.6 Å². The number of hydrogen-bond acceptors (Lipinski definition) is 2. The Morgan fingerprint density at radius 3 is 2.29 bits per heavy atom. The van der Waals surface area contributed by atoms with Crippen LogP contribution < -0.4 is 10.6 Å². The van der Waals surface area contributed by atoms with Crippen LogP contribution in [-0.4, -0.2) is 12.5 Å². The molecule has 2 aromatic rings. The molecule has 0 fully saturated rings. The average molecular weight is 324 g/mol. The summed E-state index contributed by atoms with van der Waals surface area (Å²) in [7, 11) is 0. The quantitative estimate of drug-likeness (QED) is 0.811. The van der Waals surface area contributed by atoms with Crippen LogP contribution in [0.2, 0.25) is 0 Å². The second-order valence-electron chi connectivity index (χ2n) is 7.18. The lowest BCUT2D eigenvalue weighted by Gasteiger charge is -2.23. The molecule has 0 heterocycles. The SMILES string of the molecule is CC(NCCC(=O)Nc1ccccc1C(C)(C)C)c1ccccc1. The molecule has 0 saturated carbocycles. The molecule has 0 aromatic heterocycles. The van der Waals surface area contributed by atoms with Crippen molar-refractivity contribution in [1.82, 2.24) is 5.32 Å². The van der Waals surface area contributed by atoms with Gasteiger partial charge in [0.25, 0.3) is 0 Å². The van der Waals surface area contributed by atoms with Crippen LogP contribution in [0.25, 0.3) is 0 Å². The minimum Gasteiger partial charge on any atom is -0.326 e. The summed E-state index contributed by atoms with van der Waals surface area (Å²) < 4.78 is 0. The number of nitrogens with one attached hydrogen (secondary N) is 2. The molecule has 24 heavy (non-hydrogen) atoms. The standard InChI is InChI=1S/C21H28N2O/c1-16(17-10-6-5-7-11-17)22-15-14-20(24)23-19-13-9-8-12-18(19)21(2,3)4/h5-13,16,22H,14-15H2,1-4H3,(H,23,24). The van der Waals surface area contributed by atoms with E-state index in [1.807, 2.05) is 36.4 Å². The Kier molecular flexibility index (Phi) is 6.16. The van der Waals surface area contributed by atoms with Gasteiger partial charge in [-0.05, 0) is 29.5 Å². The van der Waals surface area contributed by atoms with E-state index in [2.05, 4.69) is 56.5 Å². The third kappa shape index (κ3) is 5.20. The fourth-order valence-electron chi connectivity index (χ4n) is 2.72. The van der Waals surface area contributed by atoms with E-state index in [0.29, 0.717) is 13.0 Å². The van der Waals surface area contributed by atoms with Crippen LogP contribution in [-0.2, 0) is 10.2 Å². The van der Waals surface area contributed by atoms with Crippen molar-refractivity contribution in [2.24, 2.45) is 0 Å². The molecule has 1 amide bonds. The van der Waals surface area contributed by atoms with E-state index in [-0.39, 0.29) is 17.4 Å². The third-order valence-corrected chi connectivity index (χ3v) is 4.11. The van der Waals surface area contributed by atoms with Gasteiger partial charge in [0.1, 0.15) is 0 Å². The van der Waals surface area contributed by atoms with Crippen LogP contribution in [0, 0.1) is 0 Å². The molecule has 0 radical (unpaired) electrons. The van der Waals surface area contributed by atoms with E-state index < -0.39 is 0 Å². The maximum Gasteiger partial charge on any atom is 0.225 e. The monoisotopic (exact) mass is 324 g/mol. The molecule has 1 unspecified atom stereocenters. The minimum absolute atomic E-state index is 0.00392. The summed E-state index contributed by atoms with van der Waals surface area (Å²) >= 11 is 0. The van der Waals surface area contributed by atoms with Gasteiger partial charge in [-0.15, -0.1) is 0 Å². The first-order valence-electron chi connectivity index (χ1n) is 8.55. The zero-order valence-electron chi connectivity index (χ0n) is 15.1. The lowest BCUT2D eigenvalue weighted by molar-refractivity contribution is -0.116.